The van der Waals surface area contributed by atoms with Gasteiger partial charge >= 0.3 is 5.97 Å². The molecule has 0 amide bonds. The molecule has 0 bridgehead atoms. The molecule has 0 fully saturated rings. The molecule has 1 atom stereocenters. The zero-order valence-corrected chi connectivity index (χ0v) is 7.66. The second-order valence-corrected chi connectivity index (χ2v) is 2.62. The molecular formula is C10H16O2. The Bertz CT molecular complexity index is 180. The van der Waals surface area contributed by atoms with E-state index in [0.29, 0.717) is 5.92 Å². The first-order valence-electron chi connectivity index (χ1n) is 4.22. The highest BCUT2D eigenvalue weighted by Gasteiger charge is 1.95. The summed E-state index contributed by atoms with van der Waals surface area (Å²) >= 11 is 0. The van der Waals surface area contributed by atoms with Crippen molar-refractivity contribution < 1.29 is 9.90 Å². The number of carboxylic acid groups (broad SMARTS) is 1. The number of carboxylic acids is 1. The van der Waals surface area contributed by atoms with Gasteiger partial charge in [-0.2, -0.15) is 0 Å². The van der Waals surface area contributed by atoms with Crippen LogP contribution in [0.15, 0.2) is 24.3 Å². The fourth-order valence-corrected chi connectivity index (χ4v) is 0.927. The molecule has 1 N–H and O–H groups in total. The van der Waals surface area contributed by atoms with E-state index in [1.54, 1.807) is 6.08 Å². The van der Waals surface area contributed by atoms with Gasteiger partial charge in [0.2, 0.25) is 0 Å². The van der Waals surface area contributed by atoms with Crippen LogP contribution in [-0.2, 0) is 4.79 Å². The Balaban J connectivity index is 3.84. The molecule has 68 valence electrons. The number of allylic oxidation sites excluding steroid dienone is 3. The summed E-state index contributed by atoms with van der Waals surface area (Å²) in [5.41, 5.74) is 0. The number of carbonyl (C=O) groups is 1. The van der Waals surface area contributed by atoms with E-state index in [1.165, 1.54) is 0 Å². The number of rotatable bonds is 5. The maximum absolute atomic E-state index is 10.2. The summed E-state index contributed by atoms with van der Waals surface area (Å²) in [6.45, 7) is 4.05. The third kappa shape index (κ3) is 5.71. The van der Waals surface area contributed by atoms with Crippen molar-refractivity contribution in [2.75, 3.05) is 0 Å². The molecular weight excluding hydrogens is 152 g/mol. The normalized spacial score (nSPS) is 14.2. The third-order valence-corrected chi connectivity index (χ3v) is 1.59. The molecule has 0 rings (SSSR count). The minimum Gasteiger partial charge on any atom is -0.481 e. The molecule has 12 heavy (non-hydrogen) atoms. The molecule has 2 nitrogen and oxygen atoms in total. The van der Waals surface area contributed by atoms with E-state index in [2.05, 4.69) is 13.0 Å². The first-order valence-corrected chi connectivity index (χ1v) is 4.22. The van der Waals surface area contributed by atoms with Crippen LogP contribution in [0.4, 0.5) is 0 Å². The van der Waals surface area contributed by atoms with Crippen LogP contribution in [0.1, 0.15) is 26.7 Å². The summed E-state index contributed by atoms with van der Waals surface area (Å²) in [7, 11) is 0. The fourth-order valence-electron chi connectivity index (χ4n) is 0.927. The lowest BCUT2D eigenvalue weighted by Gasteiger charge is -2.00. The Morgan fingerprint density at radius 2 is 2.17 bits per heavy atom. The van der Waals surface area contributed by atoms with Gasteiger partial charge in [0, 0.05) is 0 Å². The van der Waals surface area contributed by atoms with Crippen molar-refractivity contribution in [2.24, 2.45) is 5.92 Å². The van der Waals surface area contributed by atoms with Crippen LogP contribution in [0.25, 0.3) is 0 Å². The van der Waals surface area contributed by atoms with Crippen molar-refractivity contribution in [3.8, 4) is 0 Å². The van der Waals surface area contributed by atoms with E-state index < -0.39 is 5.97 Å². The van der Waals surface area contributed by atoms with Crippen molar-refractivity contribution in [3.63, 3.8) is 0 Å². The van der Waals surface area contributed by atoms with E-state index in [-0.39, 0.29) is 6.42 Å². The number of hydrogen-bond acceptors (Lipinski definition) is 1. The lowest BCUT2D eigenvalue weighted by Crippen LogP contribution is -1.92. The first kappa shape index (κ1) is 11.0. The monoisotopic (exact) mass is 168 g/mol. The molecule has 0 radical (unpaired) electrons. The molecule has 0 saturated heterocycles. The van der Waals surface area contributed by atoms with Crippen molar-refractivity contribution in [1.82, 2.24) is 0 Å². The summed E-state index contributed by atoms with van der Waals surface area (Å²) in [6.07, 6.45) is 8.83. The molecule has 1 unspecified atom stereocenters. The van der Waals surface area contributed by atoms with Crippen molar-refractivity contribution in [2.45, 2.75) is 26.7 Å². The lowest BCUT2D eigenvalue weighted by atomic mass is 10.1. The van der Waals surface area contributed by atoms with Gasteiger partial charge in [0.05, 0.1) is 6.42 Å². The molecule has 0 aromatic rings. The average Bonchev–Trinajstić information content (AvgIpc) is 2.02. The second kappa shape index (κ2) is 6.65. The van der Waals surface area contributed by atoms with Gasteiger partial charge in [-0.1, -0.05) is 31.2 Å². The molecule has 0 aliphatic rings. The minimum absolute atomic E-state index is 0.119. The van der Waals surface area contributed by atoms with Gasteiger partial charge in [0.1, 0.15) is 0 Å². The minimum atomic E-state index is -0.776. The molecule has 0 aromatic carbocycles. The molecule has 0 heterocycles. The fraction of sp³-hybridized carbons (Fsp3) is 0.500. The highest BCUT2D eigenvalue weighted by Crippen LogP contribution is 2.06. The van der Waals surface area contributed by atoms with E-state index in [9.17, 15) is 4.79 Å². The van der Waals surface area contributed by atoms with Crippen LogP contribution >= 0.6 is 0 Å². The standard InChI is InChI=1S/C10H16O2/c1-3-6-9(4-2)7-5-8-10(11)12/h3,5-7,9H,4,8H2,1-2H3,(H,11,12)/b6-3+,7-5+. The van der Waals surface area contributed by atoms with E-state index >= 15 is 0 Å². The Hall–Kier alpha value is -1.05. The van der Waals surface area contributed by atoms with Gasteiger partial charge in [0.25, 0.3) is 0 Å². The van der Waals surface area contributed by atoms with Crippen LogP contribution in [-0.4, -0.2) is 11.1 Å². The summed E-state index contributed by atoms with van der Waals surface area (Å²) < 4.78 is 0. The van der Waals surface area contributed by atoms with E-state index in [0.717, 1.165) is 6.42 Å². The van der Waals surface area contributed by atoms with Crippen LogP contribution < -0.4 is 0 Å². The number of hydrogen-bond donors (Lipinski definition) is 1. The smallest absolute Gasteiger partial charge is 0.307 e. The summed E-state index contributed by atoms with van der Waals surface area (Å²) in [5.74, 6) is -0.393. The van der Waals surface area contributed by atoms with Gasteiger partial charge < -0.3 is 5.11 Å². The van der Waals surface area contributed by atoms with Crippen LogP contribution in [0, 0.1) is 5.92 Å². The summed E-state index contributed by atoms with van der Waals surface area (Å²) in [4.78, 5) is 10.2. The van der Waals surface area contributed by atoms with Gasteiger partial charge in [-0.3, -0.25) is 4.79 Å². The summed E-state index contributed by atoms with van der Waals surface area (Å²) in [5, 5.41) is 8.36. The van der Waals surface area contributed by atoms with Crippen LogP contribution in [0.5, 0.6) is 0 Å². The lowest BCUT2D eigenvalue weighted by molar-refractivity contribution is -0.136. The Morgan fingerprint density at radius 3 is 2.58 bits per heavy atom. The second-order valence-electron chi connectivity index (χ2n) is 2.62. The van der Waals surface area contributed by atoms with Crippen LogP contribution in [0.3, 0.4) is 0 Å². The molecule has 0 saturated carbocycles. The molecule has 0 spiro atoms. The van der Waals surface area contributed by atoms with E-state index in [4.69, 9.17) is 5.11 Å². The molecule has 0 aromatic heterocycles. The highest BCUT2D eigenvalue weighted by atomic mass is 16.4. The Kier molecular flexibility index (Phi) is 6.07. The average molecular weight is 168 g/mol. The first-order chi connectivity index (χ1) is 5.70. The maximum atomic E-state index is 10.2. The quantitative estimate of drug-likeness (QED) is 0.641. The van der Waals surface area contributed by atoms with Crippen molar-refractivity contribution in [3.05, 3.63) is 24.3 Å². The van der Waals surface area contributed by atoms with E-state index in [1.807, 2.05) is 19.1 Å². The molecule has 0 aliphatic carbocycles. The third-order valence-electron chi connectivity index (χ3n) is 1.59. The van der Waals surface area contributed by atoms with Gasteiger partial charge in [0.15, 0.2) is 0 Å². The van der Waals surface area contributed by atoms with Gasteiger partial charge in [-0.05, 0) is 19.3 Å². The zero-order chi connectivity index (χ0) is 9.40. The van der Waals surface area contributed by atoms with Gasteiger partial charge in [-0.25, -0.2) is 0 Å². The maximum Gasteiger partial charge on any atom is 0.307 e. The Morgan fingerprint density at radius 1 is 1.50 bits per heavy atom. The number of aliphatic carboxylic acids is 1. The van der Waals surface area contributed by atoms with Crippen molar-refractivity contribution >= 4 is 5.97 Å². The zero-order valence-electron chi connectivity index (χ0n) is 7.66. The molecule has 0 aliphatic heterocycles. The predicted octanol–water partition coefficient (Wildman–Crippen LogP) is 2.62. The van der Waals surface area contributed by atoms with Crippen molar-refractivity contribution in [1.29, 1.82) is 0 Å². The predicted molar refractivity (Wildman–Crippen MR) is 50.0 cm³/mol. The SMILES string of the molecule is C/C=C/C(/C=C/CC(=O)O)CC. The molecule has 2 heteroatoms. The Labute approximate surface area is 73.6 Å². The van der Waals surface area contributed by atoms with Gasteiger partial charge in [-0.15, -0.1) is 0 Å². The van der Waals surface area contributed by atoms with Crippen LogP contribution in [0.2, 0.25) is 0 Å². The topological polar surface area (TPSA) is 37.3 Å². The largest absolute Gasteiger partial charge is 0.481 e. The highest BCUT2D eigenvalue weighted by molar-refractivity contribution is 5.68. The summed E-state index contributed by atoms with van der Waals surface area (Å²) in [6, 6.07) is 0.